The zero-order chi connectivity index (χ0) is 14.5. The summed E-state index contributed by atoms with van der Waals surface area (Å²) >= 11 is 3.42. The smallest absolute Gasteiger partial charge is 0.133 e. The Morgan fingerprint density at radius 1 is 1.10 bits per heavy atom. The molecule has 0 heterocycles. The maximum absolute atomic E-state index is 10.4. The van der Waals surface area contributed by atoms with Crippen molar-refractivity contribution in [2.24, 2.45) is 0 Å². The van der Waals surface area contributed by atoms with Gasteiger partial charge in [-0.15, -0.1) is 0 Å². The number of benzene rings is 2. The summed E-state index contributed by atoms with van der Waals surface area (Å²) in [5, 5.41) is 10.4. The number of ether oxygens (including phenoxy) is 2. The Morgan fingerprint density at radius 3 is 2.30 bits per heavy atom. The number of aliphatic hydroxyl groups excluding tert-OH is 1. The van der Waals surface area contributed by atoms with Crippen LogP contribution in [0, 0.1) is 0 Å². The molecule has 1 atom stereocenters. The van der Waals surface area contributed by atoms with E-state index in [0.717, 1.165) is 27.1 Å². The second-order valence-electron chi connectivity index (χ2n) is 4.30. The molecule has 20 heavy (non-hydrogen) atoms. The van der Waals surface area contributed by atoms with Gasteiger partial charge in [-0.2, -0.15) is 0 Å². The van der Waals surface area contributed by atoms with Gasteiger partial charge in [-0.1, -0.05) is 18.2 Å². The molecule has 0 radical (unpaired) electrons. The van der Waals surface area contributed by atoms with Crippen LogP contribution >= 0.6 is 15.9 Å². The molecule has 0 bridgehead atoms. The predicted molar refractivity (Wildman–Crippen MR) is 82.4 cm³/mol. The van der Waals surface area contributed by atoms with E-state index in [9.17, 15) is 5.11 Å². The van der Waals surface area contributed by atoms with Crippen LogP contribution in [-0.4, -0.2) is 18.8 Å². The molecule has 0 amide bonds. The van der Waals surface area contributed by atoms with Gasteiger partial charge >= 0.3 is 0 Å². The van der Waals surface area contributed by atoms with Crippen LogP contribution < -0.4 is 9.47 Å². The third-order valence-electron chi connectivity index (χ3n) is 3.00. The summed E-state index contributed by atoms with van der Waals surface area (Å²) in [5.74, 6) is 1.55. The van der Waals surface area contributed by atoms with E-state index in [0.29, 0.717) is 6.61 Å². The second kappa shape index (κ2) is 6.77. The van der Waals surface area contributed by atoms with Crippen molar-refractivity contribution in [1.29, 1.82) is 0 Å². The van der Waals surface area contributed by atoms with Crippen molar-refractivity contribution in [3.05, 3.63) is 58.1 Å². The van der Waals surface area contributed by atoms with Crippen LogP contribution in [0.3, 0.4) is 0 Å². The average molecular weight is 337 g/mol. The topological polar surface area (TPSA) is 38.7 Å². The molecule has 0 aromatic heterocycles. The summed E-state index contributed by atoms with van der Waals surface area (Å²) in [6.45, 7) is 2.57. The quantitative estimate of drug-likeness (QED) is 0.898. The lowest BCUT2D eigenvalue weighted by Crippen LogP contribution is -2.00. The molecule has 106 valence electrons. The van der Waals surface area contributed by atoms with Crippen LogP contribution in [0.5, 0.6) is 11.5 Å². The SMILES string of the molecule is CCOc1ccc(C(O)c2ccc(OC)c(Br)c2)cc1. The first-order valence-corrected chi connectivity index (χ1v) is 7.19. The van der Waals surface area contributed by atoms with Crippen LogP contribution in [0.2, 0.25) is 0 Å². The van der Waals surface area contributed by atoms with Crippen molar-refractivity contribution in [2.45, 2.75) is 13.0 Å². The zero-order valence-corrected chi connectivity index (χ0v) is 13.1. The molecule has 2 rings (SSSR count). The van der Waals surface area contributed by atoms with Crippen LogP contribution in [0.15, 0.2) is 46.9 Å². The third-order valence-corrected chi connectivity index (χ3v) is 3.62. The van der Waals surface area contributed by atoms with Gasteiger partial charge in [0.1, 0.15) is 17.6 Å². The number of rotatable bonds is 5. The van der Waals surface area contributed by atoms with Gasteiger partial charge in [0, 0.05) is 0 Å². The molecule has 3 nitrogen and oxygen atoms in total. The lowest BCUT2D eigenvalue weighted by Gasteiger charge is -2.14. The minimum absolute atomic E-state index is 0.632. The Morgan fingerprint density at radius 2 is 1.75 bits per heavy atom. The Balaban J connectivity index is 2.21. The highest BCUT2D eigenvalue weighted by atomic mass is 79.9. The Hall–Kier alpha value is -1.52. The normalized spacial score (nSPS) is 12.0. The number of halogens is 1. The van der Waals surface area contributed by atoms with E-state index in [2.05, 4.69) is 15.9 Å². The molecule has 0 saturated carbocycles. The molecule has 1 unspecified atom stereocenters. The second-order valence-corrected chi connectivity index (χ2v) is 5.15. The highest BCUT2D eigenvalue weighted by Gasteiger charge is 2.12. The fourth-order valence-corrected chi connectivity index (χ4v) is 2.52. The highest BCUT2D eigenvalue weighted by molar-refractivity contribution is 9.10. The number of aliphatic hydroxyl groups is 1. The van der Waals surface area contributed by atoms with Crippen LogP contribution in [0.25, 0.3) is 0 Å². The van der Waals surface area contributed by atoms with Crippen LogP contribution in [0.4, 0.5) is 0 Å². The first kappa shape index (κ1) is 14.9. The van der Waals surface area contributed by atoms with Gasteiger partial charge < -0.3 is 14.6 Å². The maximum Gasteiger partial charge on any atom is 0.133 e. The lowest BCUT2D eigenvalue weighted by molar-refractivity contribution is 0.220. The monoisotopic (exact) mass is 336 g/mol. The van der Waals surface area contributed by atoms with E-state index in [1.165, 1.54) is 0 Å². The maximum atomic E-state index is 10.4. The van der Waals surface area contributed by atoms with E-state index in [1.807, 2.05) is 49.4 Å². The number of hydrogen-bond acceptors (Lipinski definition) is 3. The van der Waals surface area contributed by atoms with Crippen molar-refractivity contribution in [3.63, 3.8) is 0 Å². The number of methoxy groups -OCH3 is 1. The molecular formula is C16H17BrO3. The molecule has 0 saturated heterocycles. The Bertz CT molecular complexity index is 566. The Labute approximate surface area is 127 Å². The van der Waals surface area contributed by atoms with Crippen molar-refractivity contribution in [2.75, 3.05) is 13.7 Å². The van der Waals surface area contributed by atoms with Gasteiger partial charge in [-0.05, 0) is 58.2 Å². The van der Waals surface area contributed by atoms with Crippen LogP contribution in [0.1, 0.15) is 24.2 Å². The lowest BCUT2D eigenvalue weighted by atomic mass is 10.0. The van der Waals surface area contributed by atoms with Crippen molar-refractivity contribution < 1.29 is 14.6 Å². The van der Waals surface area contributed by atoms with Crippen molar-refractivity contribution in [1.82, 2.24) is 0 Å². The molecule has 0 fully saturated rings. The highest BCUT2D eigenvalue weighted by Crippen LogP contribution is 2.31. The summed E-state index contributed by atoms with van der Waals surface area (Å²) in [7, 11) is 1.61. The van der Waals surface area contributed by atoms with E-state index in [-0.39, 0.29) is 0 Å². The molecule has 0 aliphatic heterocycles. The van der Waals surface area contributed by atoms with Crippen molar-refractivity contribution in [3.8, 4) is 11.5 Å². The summed E-state index contributed by atoms with van der Waals surface area (Å²) in [6, 6.07) is 13.0. The summed E-state index contributed by atoms with van der Waals surface area (Å²) < 4.78 is 11.4. The fourth-order valence-electron chi connectivity index (χ4n) is 1.96. The van der Waals surface area contributed by atoms with Gasteiger partial charge in [0.05, 0.1) is 18.2 Å². The van der Waals surface area contributed by atoms with Gasteiger partial charge in [0.15, 0.2) is 0 Å². The largest absolute Gasteiger partial charge is 0.496 e. The van der Waals surface area contributed by atoms with E-state index in [4.69, 9.17) is 9.47 Å². The average Bonchev–Trinajstić information content (AvgIpc) is 2.47. The molecule has 2 aromatic carbocycles. The summed E-state index contributed by atoms with van der Waals surface area (Å²) in [6.07, 6.45) is -0.673. The van der Waals surface area contributed by atoms with Crippen LogP contribution in [-0.2, 0) is 0 Å². The van der Waals surface area contributed by atoms with Gasteiger partial charge in [0.25, 0.3) is 0 Å². The van der Waals surface area contributed by atoms with Gasteiger partial charge in [-0.3, -0.25) is 0 Å². The van der Waals surface area contributed by atoms with E-state index < -0.39 is 6.10 Å². The van der Waals surface area contributed by atoms with Gasteiger partial charge in [-0.25, -0.2) is 0 Å². The van der Waals surface area contributed by atoms with E-state index >= 15 is 0 Å². The van der Waals surface area contributed by atoms with E-state index in [1.54, 1.807) is 7.11 Å². The first-order chi connectivity index (χ1) is 9.65. The molecule has 0 spiro atoms. The first-order valence-electron chi connectivity index (χ1n) is 6.40. The summed E-state index contributed by atoms with van der Waals surface area (Å²) in [4.78, 5) is 0. The minimum Gasteiger partial charge on any atom is -0.496 e. The molecular weight excluding hydrogens is 320 g/mol. The summed E-state index contributed by atoms with van der Waals surface area (Å²) in [5.41, 5.74) is 1.63. The van der Waals surface area contributed by atoms with Gasteiger partial charge in [0.2, 0.25) is 0 Å². The standard InChI is InChI=1S/C16H17BrO3/c1-3-20-13-7-4-11(5-8-13)16(18)12-6-9-15(19-2)14(17)10-12/h4-10,16,18H,3H2,1-2H3. The fraction of sp³-hybridized carbons (Fsp3) is 0.250. The predicted octanol–water partition coefficient (Wildman–Crippen LogP) is 3.94. The molecule has 2 aromatic rings. The molecule has 4 heteroatoms. The molecule has 0 aliphatic carbocycles. The zero-order valence-electron chi connectivity index (χ0n) is 11.5. The van der Waals surface area contributed by atoms with Crippen molar-refractivity contribution >= 4 is 15.9 Å². The molecule has 1 N–H and O–H groups in total. The Kier molecular flexibility index (Phi) is 5.04. The number of hydrogen-bond donors (Lipinski definition) is 1. The minimum atomic E-state index is -0.673. The molecule has 0 aliphatic rings. The third kappa shape index (κ3) is 3.32.